The van der Waals surface area contributed by atoms with Crippen molar-refractivity contribution >= 4 is 31.7 Å². The Kier molecular flexibility index (Phi) is 20.7. The number of amides is 2. The molecule has 0 aromatic heterocycles. The van der Waals surface area contributed by atoms with Crippen LogP contribution in [0.25, 0.3) is 0 Å². The largest absolute Gasteiger partial charge is 1.00 e. The van der Waals surface area contributed by atoms with Crippen molar-refractivity contribution in [2.45, 2.75) is 125 Å². The number of aliphatic imine (C=N–C) groups is 1. The summed E-state index contributed by atoms with van der Waals surface area (Å²) in [6, 6.07) is 6.24. The summed E-state index contributed by atoms with van der Waals surface area (Å²) in [5.74, 6) is -1.20. The monoisotopic (exact) mass is 554 g/mol. The molecule has 210 valence electrons. The van der Waals surface area contributed by atoms with Crippen LogP contribution < -0.4 is 45.3 Å². The Labute approximate surface area is 256 Å². The molecule has 5 nitrogen and oxygen atoms in total. The fourth-order valence-electron chi connectivity index (χ4n) is 5.13. The van der Waals surface area contributed by atoms with Gasteiger partial charge in [-0.15, -0.1) is 0 Å². The van der Waals surface area contributed by atoms with Crippen LogP contribution in [0.4, 0.5) is 0 Å². The van der Waals surface area contributed by atoms with Crippen molar-refractivity contribution in [1.82, 2.24) is 5.32 Å². The number of nitrogens with zero attached hydrogens (tertiary/aromatic N) is 1. The summed E-state index contributed by atoms with van der Waals surface area (Å²) in [6.45, 7) is 12.5. The number of nitrogens with one attached hydrogen (secondary N) is 1. The number of aryl methyl sites for hydroxylation is 1. The maximum atomic E-state index is 11.9. The smallest absolute Gasteiger partial charge is 0.846 e. The predicted molar refractivity (Wildman–Crippen MR) is 158 cm³/mol. The quantitative estimate of drug-likeness (QED) is 0.147. The van der Waals surface area contributed by atoms with Crippen molar-refractivity contribution in [3.05, 3.63) is 29.3 Å². The van der Waals surface area contributed by atoms with Crippen molar-refractivity contribution in [2.24, 2.45) is 16.3 Å². The Morgan fingerprint density at radius 1 is 0.921 bits per heavy atom. The average Bonchev–Trinajstić information content (AvgIpc) is 2.87. The molecule has 1 heterocycles. The van der Waals surface area contributed by atoms with Crippen LogP contribution in [0.15, 0.2) is 23.2 Å². The van der Waals surface area contributed by atoms with E-state index in [0.29, 0.717) is 6.42 Å². The number of hydrogen-bond donors (Lipinski definition) is 1. The van der Waals surface area contributed by atoms with E-state index in [0.717, 1.165) is 21.4 Å². The molecule has 1 aromatic carbocycles. The minimum atomic E-state index is -1.15. The van der Waals surface area contributed by atoms with E-state index in [4.69, 9.17) is 0 Å². The maximum Gasteiger partial charge on any atom is 1.00 e. The molecule has 1 aromatic rings. The number of rotatable bonds is 16. The van der Waals surface area contributed by atoms with Crippen molar-refractivity contribution in [3.8, 4) is 0 Å². The summed E-state index contributed by atoms with van der Waals surface area (Å²) in [5.41, 5.74) is 2.20. The molecule has 3 atom stereocenters. The normalized spacial score (nSPS) is 17.9. The van der Waals surface area contributed by atoms with Gasteiger partial charge in [0, 0.05) is 0 Å². The molecule has 2 rings (SSSR count). The molecule has 3 unspecified atom stereocenters. The van der Waals surface area contributed by atoms with Gasteiger partial charge in [-0.05, 0) is 73.5 Å². The van der Waals surface area contributed by atoms with Crippen molar-refractivity contribution in [2.75, 3.05) is 6.16 Å². The third-order valence-corrected chi connectivity index (χ3v) is 8.98. The first-order valence-electron chi connectivity index (χ1n) is 14.8. The van der Waals surface area contributed by atoms with Crippen molar-refractivity contribution < 1.29 is 44.3 Å². The number of amidine groups is 1. The molecular formula is C31H52N2NaO3P. The zero-order chi connectivity index (χ0) is 27.7. The average molecular weight is 555 g/mol. The fourth-order valence-corrected chi connectivity index (χ4v) is 6.53. The van der Waals surface area contributed by atoms with E-state index in [2.05, 4.69) is 49.3 Å². The third kappa shape index (κ3) is 11.4. The predicted octanol–water partition coefficient (Wildman–Crippen LogP) is 3.45. The molecule has 0 spiro atoms. The van der Waals surface area contributed by atoms with Crippen LogP contribution in [0.2, 0.25) is 0 Å². The number of benzene rings is 1. The van der Waals surface area contributed by atoms with Gasteiger partial charge in [0.15, 0.2) is 0 Å². The van der Waals surface area contributed by atoms with E-state index >= 15 is 0 Å². The third-order valence-electron chi connectivity index (χ3n) is 7.53. The van der Waals surface area contributed by atoms with Gasteiger partial charge >= 0.3 is 29.6 Å². The van der Waals surface area contributed by atoms with Crippen molar-refractivity contribution in [3.63, 3.8) is 0 Å². The number of carbonyl (C=O) groups excluding carboxylic acids is 2. The van der Waals surface area contributed by atoms with E-state index in [1.807, 2.05) is 13.8 Å². The summed E-state index contributed by atoms with van der Waals surface area (Å²) in [7, 11) is 1.03. The van der Waals surface area contributed by atoms with Crippen LogP contribution in [0.5, 0.6) is 0 Å². The summed E-state index contributed by atoms with van der Waals surface area (Å²) in [4.78, 5) is 27.1. The van der Waals surface area contributed by atoms with E-state index in [1.165, 1.54) is 70.4 Å². The molecule has 7 heteroatoms. The van der Waals surface area contributed by atoms with Crippen LogP contribution in [0.1, 0.15) is 123 Å². The van der Waals surface area contributed by atoms with Crippen LogP contribution in [0.3, 0.4) is 0 Å². The molecule has 0 bridgehead atoms. The van der Waals surface area contributed by atoms with Crippen LogP contribution >= 0.6 is 8.58 Å². The van der Waals surface area contributed by atoms with E-state index < -0.39 is 23.3 Å². The first kappa shape index (κ1) is 37.3. The Morgan fingerprint density at radius 2 is 1.58 bits per heavy atom. The molecule has 0 saturated carbocycles. The minimum absolute atomic E-state index is 0. The number of unbranched alkanes of at least 4 members (excludes halogenated alkanes) is 5. The SMILES string of the molecule is CCCC(C)C1(CC)C(=O)N=C([O-])NC1=O.CCCCCCPc1cccc(CCCC)c1CCCC.[Na+]. The van der Waals surface area contributed by atoms with Crippen LogP contribution in [-0.2, 0) is 22.4 Å². The van der Waals surface area contributed by atoms with Gasteiger partial charge in [-0.3, -0.25) is 9.59 Å². The zero-order valence-electron chi connectivity index (χ0n) is 25.4. The van der Waals surface area contributed by atoms with Gasteiger partial charge in [-0.25, -0.2) is 4.99 Å². The second-order valence-corrected chi connectivity index (χ2v) is 11.7. The summed E-state index contributed by atoms with van der Waals surface area (Å²) in [6.07, 6.45) is 16.9. The summed E-state index contributed by atoms with van der Waals surface area (Å²) < 4.78 is 0. The standard InChI is InChI=1S/C20H35P.C11H18N2O3.Na/c1-4-7-10-11-17-21-20-16-12-14-18(13-8-5-2)19(20)15-9-6-3;1-4-6-7(3)11(5-2)8(14)12-10(16)13-9(11)15;/h12,14,16,21H,4-11,13,15,17H2,1-3H3;7H,4-6H2,1-3H3,(H2,12,13,14,15,16);/q;;+1/p-1. The Balaban J connectivity index is 0.000000726. The van der Waals surface area contributed by atoms with Crippen LogP contribution in [-0.4, -0.2) is 24.0 Å². The second kappa shape index (κ2) is 21.1. The first-order chi connectivity index (χ1) is 17.8. The van der Waals surface area contributed by atoms with Gasteiger partial charge in [0.1, 0.15) is 5.41 Å². The summed E-state index contributed by atoms with van der Waals surface area (Å²) in [5, 5.41) is 14.7. The van der Waals surface area contributed by atoms with Crippen LogP contribution in [0, 0.1) is 11.3 Å². The van der Waals surface area contributed by atoms with E-state index in [-0.39, 0.29) is 35.5 Å². The maximum absolute atomic E-state index is 11.9. The molecule has 0 saturated heterocycles. The van der Waals surface area contributed by atoms with E-state index in [9.17, 15) is 14.7 Å². The van der Waals surface area contributed by atoms with Gasteiger partial charge < -0.3 is 10.4 Å². The molecule has 0 fully saturated rings. The van der Waals surface area contributed by atoms with Gasteiger partial charge in [-0.2, -0.15) is 0 Å². The molecule has 0 aliphatic carbocycles. The molecular weight excluding hydrogens is 502 g/mol. The number of hydrogen-bond acceptors (Lipinski definition) is 3. The zero-order valence-corrected chi connectivity index (χ0v) is 28.4. The van der Waals surface area contributed by atoms with E-state index in [1.54, 1.807) is 23.4 Å². The van der Waals surface area contributed by atoms with Gasteiger partial charge in [0.25, 0.3) is 5.91 Å². The Bertz CT molecular complexity index is 862. The topological polar surface area (TPSA) is 81.6 Å². The second-order valence-electron chi connectivity index (χ2n) is 10.3. The van der Waals surface area contributed by atoms with Crippen molar-refractivity contribution in [1.29, 1.82) is 0 Å². The molecule has 2 amide bonds. The van der Waals surface area contributed by atoms with Gasteiger partial charge in [0.2, 0.25) is 5.91 Å². The summed E-state index contributed by atoms with van der Waals surface area (Å²) >= 11 is 0. The molecule has 1 aliphatic heterocycles. The van der Waals surface area contributed by atoms with Gasteiger partial charge in [0.05, 0.1) is 6.02 Å². The molecule has 38 heavy (non-hydrogen) atoms. The first-order valence-corrected chi connectivity index (χ1v) is 16.0. The molecule has 0 radical (unpaired) electrons. The number of carbonyl (C=O) groups is 2. The molecule has 1 aliphatic rings. The fraction of sp³-hybridized carbons (Fsp3) is 0.710. The Hall–Kier alpha value is -0.740. The Morgan fingerprint density at radius 3 is 2.16 bits per heavy atom. The molecule has 1 N–H and O–H groups in total. The minimum Gasteiger partial charge on any atom is -0.846 e. The van der Waals surface area contributed by atoms with Gasteiger partial charge in [-0.1, -0.05) is 107 Å².